The second kappa shape index (κ2) is 7.42. The molecule has 1 aromatic rings. The molecular formula is C13H18ClFN2O3. The van der Waals surface area contributed by atoms with Crippen LogP contribution in [-0.4, -0.2) is 50.3 Å². The number of nitrogens with two attached hydrogens (primary N) is 1. The van der Waals surface area contributed by atoms with Crippen LogP contribution in [0.1, 0.15) is 10.4 Å². The molecule has 112 valence electrons. The minimum atomic E-state index is -0.583. The van der Waals surface area contributed by atoms with E-state index in [1.54, 1.807) is 11.0 Å². The van der Waals surface area contributed by atoms with Crippen molar-refractivity contribution in [1.29, 1.82) is 0 Å². The van der Waals surface area contributed by atoms with E-state index in [0.717, 1.165) is 0 Å². The summed E-state index contributed by atoms with van der Waals surface area (Å²) in [5.74, 6) is -0.738. The maximum Gasteiger partial charge on any atom is 0.260 e. The van der Waals surface area contributed by atoms with Gasteiger partial charge >= 0.3 is 0 Å². The maximum absolute atomic E-state index is 13.8. The van der Waals surface area contributed by atoms with E-state index in [4.69, 9.17) is 15.2 Å². The SMILES string of the molecule is COc1cccc(F)c1C(=O)N1CCOC(CN)C1.Cl. The largest absolute Gasteiger partial charge is 0.496 e. The standard InChI is InChI=1S/C13H17FN2O3.ClH/c1-18-11-4-2-3-10(14)12(11)13(17)16-5-6-19-9(7-15)8-16;/h2-4,9H,5-8,15H2,1H3;1H. The highest BCUT2D eigenvalue weighted by atomic mass is 35.5. The normalized spacial score (nSPS) is 18.4. The van der Waals surface area contributed by atoms with Gasteiger partial charge in [0.25, 0.3) is 5.91 Å². The molecule has 20 heavy (non-hydrogen) atoms. The molecule has 5 nitrogen and oxygen atoms in total. The van der Waals surface area contributed by atoms with Crippen LogP contribution >= 0.6 is 12.4 Å². The van der Waals surface area contributed by atoms with Gasteiger partial charge in [-0.2, -0.15) is 0 Å². The first kappa shape index (κ1) is 16.7. The van der Waals surface area contributed by atoms with Crippen LogP contribution in [0, 0.1) is 5.82 Å². The Labute approximate surface area is 123 Å². The Morgan fingerprint density at radius 3 is 3.00 bits per heavy atom. The van der Waals surface area contributed by atoms with Crippen LogP contribution in [0.4, 0.5) is 4.39 Å². The molecule has 1 aliphatic rings. The summed E-state index contributed by atoms with van der Waals surface area (Å²) in [6.45, 7) is 1.53. The summed E-state index contributed by atoms with van der Waals surface area (Å²) < 4.78 is 24.3. The van der Waals surface area contributed by atoms with Gasteiger partial charge < -0.3 is 20.1 Å². The zero-order valence-electron chi connectivity index (χ0n) is 11.2. The van der Waals surface area contributed by atoms with Crippen LogP contribution in [0.2, 0.25) is 0 Å². The summed E-state index contributed by atoms with van der Waals surface area (Å²) in [5, 5.41) is 0. The van der Waals surface area contributed by atoms with Crippen molar-refractivity contribution in [3.63, 3.8) is 0 Å². The molecule has 0 aliphatic carbocycles. The summed E-state index contributed by atoms with van der Waals surface area (Å²) >= 11 is 0. The molecule has 0 radical (unpaired) electrons. The van der Waals surface area contributed by atoms with Gasteiger partial charge in [-0.05, 0) is 12.1 Å². The predicted octanol–water partition coefficient (Wildman–Crippen LogP) is 1.06. The lowest BCUT2D eigenvalue weighted by Crippen LogP contribution is -2.48. The summed E-state index contributed by atoms with van der Waals surface area (Å²) in [5.41, 5.74) is 5.49. The number of carbonyl (C=O) groups excluding carboxylic acids is 1. The molecule has 1 saturated heterocycles. The summed E-state index contributed by atoms with van der Waals surface area (Å²) in [7, 11) is 1.41. The van der Waals surface area contributed by atoms with Gasteiger partial charge in [-0.1, -0.05) is 6.07 Å². The Morgan fingerprint density at radius 1 is 1.60 bits per heavy atom. The number of morpholine rings is 1. The molecule has 0 aromatic heterocycles. The second-order valence-corrected chi connectivity index (χ2v) is 4.30. The van der Waals surface area contributed by atoms with Gasteiger partial charge in [-0.3, -0.25) is 4.79 Å². The number of nitrogens with zero attached hydrogens (tertiary/aromatic N) is 1. The quantitative estimate of drug-likeness (QED) is 0.907. The van der Waals surface area contributed by atoms with E-state index in [1.807, 2.05) is 0 Å². The van der Waals surface area contributed by atoms with E-state index < -0.39 is 11.7 Å². The molecule has 1 fully saturated rings. The number of ether oxygens (including phenoxy) is 2. The highest BCUT2D eigenvalue weighted by Crippen LogP contribution is 2.23. The number of amides is 1. The fourth-order valence-electron chi connectivity index (χ4n) is 2.09. The Balaban J connectivity index is 0.00000200. The smallest absolute Gasteiger partial charge is 0.260 e. The van der Waals surface area contributed by atoms with Gasteiger partial charge in [0.05, 0.1) is 19.8 Å². The zero-order valence-corrected chi connectivity index (χ0v) is 12.0. The van der Waals surface area contributed by atoms with Crippen LogP contribution in [0.15, 0.2) is 18.2 Å². The summed E-state index contributed by atoms with van der Waals surface area (Å²) in [6.07, 6.45) is -0.199. The number of benzene rings is 1. The van der Waals surface area contributed by atoms with E-state index in [2.05, 4.69) is 0 Å². The van der Waals surface area contributed by atoms with E-state index >= 15 is 0 Å². The Hall–Kier alpha value is -1.37. The molecule has 1 aromatic carbocycles. The van der Waals surface area contributed by atoms with E-state index in [0.29, 0.717) is 26.2 Å². The topological polar surface area (TPSA) is 64.8 Å². The Bertz CT molecular complexity index is 473. The number of hydrogen-bond acceptors (Lipinski definition) is 4. The highest BCUT2D eigenvalue weighted by Gasteiger charge is 2.28. The molecule has 2 rings (SSSR count). The Morgan fingerprint density at radius 2 is 2.35 bits per heavy atom. The number of methoxy groups -OCH3 is 1. The van der Waals surface area contributed by atoms with Gasteiger partial charge in [0, 0.05) is 19.6 Å². The number of carbonyl (C=O) groups is 1. The molecule has 7 heteroatoms. The molecule has 1 heterocycles. The van der Waals surface area contributed by atoms with Crippen LogP contribution in [0.3, 0.4) is 0 Å². The van der Waals surface area contributed by atoms with Crippen molar-refractivity contribution in [1.82, 2.24) is 4.90 Å². The molecular weight excluding hydrogens is 287 g/mol. The molecule has 1 atom stereocenters. The van der Waals surface area contributed by atoms with Crippen LogP contribution in [0.5, 0.6) is 5.75 Å². The van der Waals surface area contributed by atoms with Gasteiger partial charge in [-0.15, -0.1) is 12.4 Å². The minimum absolute atomic E-state index is 0. The number of hydrogen-bond donors (Lipinski definition) is 1. The number of halogens is 2. The molecule has 1 unspecified atom stereocenters. The van der Waals surface area contributed by atoms with Crippen molar-refractivity contribution in [3.8, 4) is 5.75 Å². The highest BCUT2D eigenvalue weighted by molar-refractivity contribution is 5.97. The molecule has 0 saturated carbocycles. The predicted molar refractivity (Wildman–Crippen MR) is 74.9 cm³/mol. The lowest BCUT2D eigenvalue weighted by molar-refractivity contribution is -0.0170. The third-order valence-corrected chi connectivity index (χ3v) is 3.10. The van der Waals surface area contributed by atoms with Gasteiger partial charge in [-0.25, -0.2) is 4.39 Å². The maximum atomic E-state index is 13.8. The van der Waals surface area contributed by atoms with E-state index in [-0.39, 0.29) is 29.8 Å². The lowest BCUT2D eigenvalue weighted by atomic mass is 10.1. The molecule has 0 spiro atoms. The fourth-order valence-corrected chi connectivity index (χ4v) is 2.09. The third kappa shape index (κ3) is 3.39. The molecule has 1 amide bonds. The van der Waals surface area contributed by atoms with Crippen molar-refractivity contribution in [2.75, 3.05) is 33.4 Å². The molecule has 1 aliphatic heterocycles. The van der Waals surface area contributed by atoms with Crippen molar-refractivity contribution in [3.05, 3.63) is 29.6 Å². The monoisotopic (exact) mass is 304 g/mol. The Kier molecular flexibility index (Phi) is 6.19. The van der Waals surface area contributed by atoms with Crippen molar-refractivity contribution < 1.29 is 18.7 Å². The average Bonchev–Trinajstić information content (AvgIpc) is 2.46. The summed E-state index contributed by atoms with van der Waals surface area (Å²) in [6, 6.07) is 4.32. The first-order chi connectivity index (χ1) is 9.17. The third-order valence-electron chi connectivity index (χ3n) is 3.10. The summed E-state index contributed by atoms with van der Waals surface area (Å²) in [4.78, 5) is 13.9. The van der Waals surface area contributed by atoms with Crippen LogP contribution in [-0.2, 0) is 4.74 Å². The average molecular weight is 305 g/mol. The second-order valence-electron chi connectivity index (χ2n) is 4.30. The minimum Gasteiger partial charge on any atom is -0.496 e. The van der Waals surface area contributed by atoms with Crippen LogP contribution in [0.25, 0.3) is 0 Å². The van der Waals surface area contributed by atoms with Crippen molar-refractivity contribution >= 4 is 18.3 Å². The van der Waals surface area contributed by atoms with Crippen molar-refractivity contribution in [2.45, 2.75) is 6.10 Å². The number of rotatable bonds is 3. The van der Waals surface area contributed by atoms with Crippen LogP contribution < -0.4 is 10.5 Å². The van der Waals surface area contributed by atoms with Gasteiger partial charge in [0.15, 0.2) is 0 Å². The van der Waals surface area contributed by atoms with Crippen molar-refractivity contribution in [2.24, 2.45) is 5.73 Å². The lowest BCUT2D eigenvalue weighted by Gasteiger charge is -2.32. The first-order valence-electron chi connectivity index (χ1n) is 6.10. The molecule has 0 bridgehead atoms. The molecule has 2 N–H and O–H groups in total. The van der Waals surface area contributed by atoms with Gasteiger partial charge in [0.2, 0.25) is 0 Å². The van der Waals surface area contributed by atoms with Gasteiger partial charge in [0.1, 0.15) is 17.1 Å². The first-order valence-corrected chi connectivity index (χ1v) is 6.10. The zero-order chi connectivity index (χ0) is 13.8. The fraction of sp³-hybridized carbons (Fsp3) is 0.462. The van der Waals surface area contributed by atoms with E-state index in [1.165, 1.54) is 19.2 Å². The van der Waals surface area contributed by atoms with E-state index in [9.17, 15) is 9.18 Å².